The van der Waals surface area contributed by atoms with Crippen LogP contribution in [0.5, 0.6) is 0 Å². The molecule has 1 fully saturated rings. The molecule has 32 heavy (non-hydrogen) atoms. The van der Waals surface area contributed by atoms with E-state index in [4.69, 9.17) is 5.11 Å². The lowest BCUT2D eigenvalue weighted by Crippen LogP contribution is -2.47. The second-order valence-electron chi connectivity index (χ2n) is 7.73. The third-order valence-electron chi connectivity index (χ3n) is 5.36. The van der Waals surface area contributed by atoms with E-state index in [1.165, 1.54) is 6.20 Å². The summed E-state index contributed by atoms with van der Waals surface area (Å²) in [6, 6.07) is 3.45. The lowest BCUT2D eigenvalue weighted by molar-refractivity contribution is 0.0964. The number of piperazine rings is 1. The molecule has 1 aliphatic heterocycles. The van der Waals surface area contributed by atoms with Crippen LogP contribution in [0.2, 0.25) is 0 Å². The van der Waals surface area contributed by atoms with Crippen molar-refractivity contribution in [1.29, 1.82) is 0 Å². The number of carbonyl (C=O) groups is 1. The lowest BCUT2D eigenvalue weighted by atomic mass is 10.1. The topological polar surface area (TPSA) is 119 Å². The van der Waals surface area contributed by atoms with Gasteiger partial charge in [0.25, 0.3) is 5.91 Å². The number of rotatable bonds is 7. The van der Waals surface area contributed by atoms with Crippen LogP contribution >= 0.6 is 0 Å². The van der Waals surface area contributed by atoms with Gasteiger partial charge in [0, 0.05) is 44.6 Å². The molecule has 2 aromatic rings. The number of carbonyl (C=O) groups excluding carboxylic acids is 1. The number of β-amino-alcohol motifs (C(OH)–C–C–N with tert-alkyl or cyclic N) is 1. The van der Waals surface area contributed by atoms with Gasteiger partial charge in [-0.25, -0.2) is 4.98 Å². The Balaban J connectivity index is 1.39. The van der Waals surface area contributed by atoms with Gasteiger partial charge in [-0.15, -0.1) is 0 Å². The van der Waals surface area contributed by atoms with Crippen LogP contribution in [0.1, 0.15) is 29.0 Å². The van der Waals surface area contributed by atoms with E-state index < -0.39 is 0 Å². The molecule has 0 unspecified atom stereocenters. The molecule has 2 aliphatic rings. The van der Waals surface area contributed by atoms with Gasteiger partial charge >= 0.3 is 0 Å². The number of aliphatic hydroxyl groups is 1. The van der Waals surface area contributed by atoms with Crippen molar-refractivity contribution in [2.24, 2.45) is 0 Å². The zero-order valence-electron chi connectivity index (χ0n) is 18.2. The number of aliphatic hydroxyl groups excluding tert-OH is 1. The Labute approximate surface area is 187 Å². The van der Waals surface area contributed by atoms with Crippen molar-refractivity contribution in [3.63, 3.8) is 0 Å². The van der Waals surface area contributed by atoms with E-state index in [2.05, 4.69) is 46.4 Å². The minimum Gasteiger partial charge on any atom is -0.395 e. The first-order valence-corrected chi connectivity index (χ1v) is 10.8. The van der Waals surface area contributed by atoms with Gasteiger partial charge in [-0.05, 0) is 38.0 Å². The Kier molecular flexibility index (Phi) is 7.03. The average molecular weight is 437 g/mol. The van der Waals surface area contributed by atoms with Crippen LogP contribution in [-0.4, -0.2) is 75.2 Å². The Hall–Kier alpha value is -3.37. The van der Waals surface area contributed by atoms with Gasteiger partial charge in [-0.3, -0.25) is 9.69 Å². The van der Waals surface area contributed by atoms with Gasteiger partial charge in [-0.1, -0.05) is 12.2 Å². The summed E-state index contributed by atoms with van der Waals surface area (Å²) in [5.74, 6) is 2.01. The monoisotopic (exact) mass is 436 g/mol. The van der Waals surface area contributed by atoms with Crippen LogP contribution in [0.25, 0.3) is 0 Å². The molecule has 168 valence electrons. The highest BCUT2D eigenvalue weighted by Gasteiger charge is 2.20. The average Bonchev–Trinajstić information content (AvgIpc) is 2.80. The number of amides is 1. The molecule has 0 spiro atoms. The maximum atomic E-state index is 12.4. The fourth-order valence-electron chi connectivity index (χ4n) is 3.62. The molecule has 3 N–H and O–H groups in total. The van der Waals surface area contributed by atoms with E-state index in [0.29, 0.717) is 35.6 Å². The maximum absolute atomic E-state index is 12.4. The molecule has 10 heteroatoms. The zero-order chi connectivity index (χ0) is 22.3. The summed E-state index contributed by atoms with van der Waals surface area (Å²) >= 11 is 0. The first-order chi connectivity index (χ1) is 15.6. The summed E-state index contributed by atoms with van der Waals surface area (Å²) < 4.78 is 0. The third kappa shape index (κ3) is 5.65. The molecular formula is C22H28N8O2. The van der Waals surface area contributed by atoms with E-state index in [9.17, 15) is 4.79 Å². The zero-order valence-corrected chi connectivity index (χ0v) is 18.2. The van der Waals surface area contributed by atoms with E-state index in [-0.39, 0.29) is 12.5 Å². The summed E-state index contributed by atoms with van der Waals surface area (Å²) in [6.45, 7) is 5.97. The fraction of sp³-hybridized carbons (Fsp3) is 0.409. The minimum atomic E-state index is -0.177. The molecule has 0 atom stereocenters. The number of anilines is 3. The number of aromatic nitrogens is 4. The normalized spacial score (nSPS) is 16.6. The van der Waals surface area contributed by atoms with Gasteiger partial charge in [0.2, 0.25) is 11.9 Å². The summed E-state index contributed by atoms with van der Waals surface area (Å²) in [5.41, 5.74) is 1.39. The van der Waals surface area contributed by atoms with Gasteiger partial charge < -0.3 is 20.6 Å². The molecule has 0 bridgehead atoms. The fourth-order valence-corrected chi connectivity index (χ4v) is 3.62. The first kappa shape index (κ1) is 21.8. The van der Waals surface area contributed by atoms with Crippen molar-refractivity contribution in [2.45, 2.75) is 19.8 Å². The smallest absolute Gasteiger partial charge is 0.256 e. The van der Waals surface area contributed by atoms with Gasteiger partial charge in [0.05, 0.1) is 12.2 Å². The summed E-state index contributed by atoms with van der Waals surface area (Å²) in [6.07, 6.45) is 9.23. The van der Waals surface area contributed by atoms with Crippen molar-refractivity contribution in [1.82, 2.24) is 30.2 Å². The predicted octanol–water partition coefficient (Wildman–Crippen LogP) is 1.40. The molecule has 1 amide bonds. The molecule has 0 aromatic carbocycles. The largest absolute Gasteiger partial charge is 0.395 e. The second kappa shape index (κ2) is 10.3. The second-order valence-corrected chi connectivity index (χ2v) is 7.73. The Morgan fingerprint density at radius 1 is 1.16 bits per heavy atom. The standard InChI is InChI=1S/C22H28N8O2/c1-16-24-21(28-22(25-16)30-11-9-29(10-12-30)13-14-31)27-19-8-7-17(15-23-19)20(32)26-18-5-3-2-4-6-18/h2-3,5,7-8,15,31H,4,6,9-14H2,1H3,(H,26,32)(H,23,24,25,27,28). The van der Waals surface area contributed by atoms with Crippen LogP contribution in [0, 0.1) is 6.92 Å². The third-order valence-corrected chi connectivity index (χ3v) is 5.36. The van der Waals surface area contributed by atoms with E-state index >= 15 is 0 Å². The van der Waals surface area contributed by atoms with Gasteiger partial charge in [-0.2, -0.15) is 15.0 Å². The lowest BCUT2D eigenvalue weighted by Gasteiger charge is -2.34. The number of hydrogen-bond acceptors (Lipinski definition) is 9. The van der Waals surface area contributed by atoms with Crippen LogP contribution in [0.3, 0.4) is 0 Å². The molecule has 1 aliphatic carbocycles. The summed E-state index contributed by atoms with van der Waals surface area (Å²) in [7, 11) is 0. The van der Waals surface area contributed by atoms with Crippen molar-refractivity contribution in [2.75, 3.05) is 49.5 Å². The van der Waals surface area contributed by atoms with Crippen LogP contribution in [-0.2, 0) is 0 Å². The highest BCUT2D eigenvalue weighted by molar-refractivity contribution is 5.95. The molecular weight excluding hydrogens is 408 g/mol. The van der Waals surface area contributed by atoms with Crippen molar-refractivity contribution < 1.29 is 9.90 Å². The Morgan fingerprint density at radius 2 is 2.00 bits per heavy atom. The number of nitrogens with zero attached hydrogens (tertiary/aromatic N) is 6. The van der Waals surface area contributed by atoms with E-state index in [1.807, 2.05) is 19.1 Å². The molecule has 3 heterocycles. The number of allylic oxidation sites excluding steroid dienone is 4. The van der Waals surface area contributed by atoms with Crippen molar-refractivity contribution >= 4 is 23.6 Å². The number of nitrogens with one attached hydrogen (secondary N) is 2. The van der Waals surface area contributed by atoms with Crippen LogP contribution in [0.4, 0.5) is 17.7 Å². The SMILES string of the molecule is Cc1nc(Nc2ccc(C(=O)NC3=CC=CCC3)cn2)nc(N2CCN(CCO)CC2)n1. The summed E-state index contributed by atoms with van der Waals surface area (Å²) in [4.78, 5) is 34.5. The maximum Gasteiger partial charge on any atom is 0.256 e. The molecule has 2 aromatic heterocycles. The Bertz CT molecular complexity index is 997. The molecule has 10 nitrogen and oxygen atoms in total. The van der Waals surface area contributed by atoms with Gasteiger partial charge in [0.1, 0.15) is 11.6 Å². The molecule has 1 saturated heterocycles. The highest BCUT2D eigenvalue weighted by atomic mass is 16.3. The predicted molar refractivity (Wildman–Crippen MR) is 122 cm³/mol. The molecule has 4 rings (SSSR count). The van der Waals surface area contributed by atoms with E-state index in [0.717, 1.165) is 44.7 Å². The van der Waals surface area contributed by atoms with E-state index in [1.54, 1.807) is 12.1 Å². The van der Waals surface area contributed by atoms with Crippen LogP contribution < -0.4 is 15.5 Å². The number of aryl methyl sites for hydroxylation is 1. The number of pyridine rings is 1. The van der Waals surface area contributed by atoms with Crippen LogP contribution in [0.15, 0.2) is 42.3 Å². The number of hydrogen-bond donors (Lipinski definition) is 3. The van der Waals surface area contributed by atoms with Gasteiger partial charge in [0.15, 0.2) is 0 Å². The Morgan fingerprint density at radius 3 is 2.69 bits per heavy atom. The summed E-state index contributed by atoms with van der Waals surface area (Å²) in [5, 5.41) is 15.1. The first-order valence-electron chi connectivity index (χ1n) is 10.8. The quantitative estimate of drug-likeness (QED) is 0.591. The minimum absolute atomic E-state index is 0.168. The molecule has 0 saturated carbocycles. The van der Waals surface area contributed by atoms with Crippen molar-refractivity contribution in [3.05, 3.63) is 53.6 Å². The highest BCUT2D eigenvalue weighted by Crippen LogP contribution is 2.17. The van der Waals surface area contributed by atoms with Crippen molar-refractivity contribution in [3.8, 4) is 0 Å². The molecule has 0 radical (unpaired) electrons.